The molecule has 2 N–H and O–H groups in total. The van der Waals surface area contributed by atoms with Gasteiger partial charge in [0.1, 0.15) is 0 Å². The molecule has 0 saturated heterocycles. The van der Waals surface area contributed by atoms with Crippen LogP contribution in [0.4, 0.5) is 0 Å². The maximum atomic E-state index is 12.1. The zero-order chi connectivity index (χ0) is 15.4. The Morgan fingerprint density at radius 3 is 2.62 bits per heavy atom. The van der Waals surface area contributed by atoms with Crippen molar-refractivity contribution in [1.29, 1.82) is 0 Å². The van der Waals surface area contributed by atoms with E-state index in [-0.39, 0.29) is 12.2 Å². The molecule has 0 aliphatic heterocycles. The number of hydrogen-bond acceptors (Lipinski definition) is 4. The van der Waals surface area contributed by atoms with Crippen LogP contribution in [0.15, 0.2) is 34.7 Å². The highest BCUT2D eigenvalue weighted by Gasteiger charge is 2.20. The maximum absolute atomic E-state index is 12.1. The summed E-state index contributed by atoms with van der Waals surface area (Å²) in [6.07, 6.45) is -0.148. The van der Waals surface area contributed by atoms with E-state index in [9.17, 15) is 9.59 Å². The third kappa shape index (κ3) is 3.68. The van der Waals surface area contributed by atoms with Gasteiger partial charge in [0.05, 0.1) is 12.1 Å². The largest absolute Gasteiger partial charge is 0.481 e. The molecule has 0 radical (unpaired) electrons. The number of benzene rings is 1. The van der Waals surface area contributed by atoms with Gasteiger partial charge in [0, 0.05) is 11.6 Å². The van der Waals surface area contributed by atoms with E-state index in [0.29, 0.717) is 11.6 Å². The number of carbonyl (C=O) groups is 2. The van der Waals surface area contributed by atoms with E-state index >= 15 is 0 Å². The van der Waals surface area contributed by atoms with E-state index in [1.165, 1.54) is 0 Å². The van der Waals surface area contributed by atoms with Crippen LogP contribution < -0.4 is 5.32 Å². The number of rotatable bonds is 5. The standard InChI is InChI=1S/C15H16N2O4/c1-9(8-12(18)19)16-14(20)13-10(2)17-15(21-13)11-6-4-3-5-7-11/h3-7,9H,8H2,1-2H3,(H,16,20)(H,18,19). The normalized spacial score (nSPS) is 11.9. The first kappa shape index (κ1) is 14.8. The van der Waals surface area contributed by atoms with Crippen molar-refractivity contribution >= 4 is 11.9 Å². The van der Waals surface area contributed by atoms with Crippen molar-refractivity contribution in [1.82, 2.24) is 10.3 Å². The Bertz CT molecular complexity index is 649. The zero-order valence-corrected chi connectivity index (χ0v) is 11.8. The average Bonchev–Trinajstić information content (AvgIpc) is 2.81. The second-order valence-electron chi connectivity index (χ2n) is 4.77. The van der Waals surface area contributed by atoms with Gasteiger partial charge in [-0.25, -0.2) is 4.98 Å². The van der Waals surface area contributed by atoms with Gasteiger partial charge >= 0.3 is 5.97 Å². The number of aryl methyl sites for hydroxylation is 1. The van der Waals surface area contributed by atoms with Gasteiger partial charge in [0.2, 0.25) is 11.7 Å². The average molecular weight is 288 g/mol. The molecule has 6 heteroatoms. The summed E-state index contributed by atoms with van der Waals surface area (Å²) in [5.74, 6) is -0.965. The van der Waals surface area contributed by atoms with Gasteiger partial charge in [0.25, 0.3) is 5.91 Å². The summed E-state index contributed by atoms with van der Waals surface area (Å²) >= 11 is 0. The molecule has 0 bridgehead atoms. The highest BCUT2D eigenvalue weighted by atomic mass is 16.4. The van der Waals surface area contributed by atoms with Crippen molar-refractivity contribution in [3.8, 4) is 11.5 Å². The lowest BCUT2D eigenvalue weighted by atomic mass is 10.2. The first-order valence-electron chi connectivity index (χ1n) is 6.53. The molecule has 0 aliphatic rings. The first-order valence-corrected chi connectivity index (χ1v) is 6.53. The summed E-state index contributed by atoms with van der Waals surface area (Å²) < 4.78 is 5.50. The quantitative estimate of drug-likeness (QED) is 0.880. The van der Waals surface area contributed by atoms with Crippen LogP contribution in [0.1, 0.15) is 29.6 Å². The van der Waals surface area contributed by atoms with E-state index in [0.717, 1.165) is 5.56 Å². The van der Waals surface area contributed by atoms with Gasteiger partial charge in [-0.2, -0.15) is 0 Å². The second kappa shape index (κ2) is 6.21. The summed E-state index contributed by atoms with van der Waals surface area (Å²) in [4.78, 5) is 26.9. The predicted molar refractivity (Wildman–Crippen MR) is 75.9 cm³/mol. The summed E-state index contributed by atoms with van der Waals surface area (Å²) in [6.45, 7) is 3.29. The van der Waals surface area contributed by atoms with Gasteiger partial charge in [-0.05, 0) is 26.0 Å². The maximum Gasteiger partial charge on any atom is 0.305 e. The Morgan fingerprint density at radius 1 is 1.33 bits per heavy atom. The minimum Gasteiger partial charge on any atom is -0.481 e. The smallest absolute Gasteiger partial charge is 0.305 e. The lowest BCUT2D eigenvalue weighted by Gasteiger charge is -2.09. The molecule has 110 valence electrons. The Morgan fingerprint density at radius 2 is 2.00 bits per heavy atom. The third-order valence-electron chi connectivity index (χ3n) is 2.88. The molecule has 6 nitrogen and oxygen atoms in total. The topological polar surface area (TPSA) is 92.4 Å². The Labute approximate surface area is 121 Å². The number of aromatic nitrogens is 1. The minimum absolute atomic E-state index is 0.103. The van der Waals surface area contributed by atoms with Crippen LogP contribution in [0, 0.1) is 6.92 Å². The summed E-state index contributed by atoms with van der Waals surface area (Å²) in [5.41, 5.74) is 1.24. The molecule has 0 aliphatic carbocycles. The van der Waals surface area contributed by atoms with Crippen molar-refractivity contribution in [3.05, 3.63) is 41.8 Å². The number of aliphatic carboxylic acids is 1. The molecule has 2 aromatic rings. The number of nitrogens with zero attached hydrogens (tertiary/aromatic N) is 1. The number of hydrogen-bond donors (Lipinski definition) is 2. The Balaban J connectivity index is 2.16. The molecule has 0 fully saturated rings. The van der Waals surface area contributed by atoms with Crippen LogP contribution >= 0.6 is 0 Å². The Hall–Kier alpha value is -2.63. The van der Waals surface area contributed by atoms with Crippen LogP contribution in [0.3, 0.4) is 0 Å². The molecular formula is C15H16N2O4. The third-order valence-corrected chi connectivity index (χ3v) is 2.88. The molecule has 0 saturated carbocycles. The van der Waals surface area contributed by atoms with Crippen molar-refractivity contribution < 1.29 is 19.1 Å². The number of carboxylic acid groups (broad SMARTS) is 1. The molecule has 1 aromatic carbocycles. The van der Waals surface area contributed by atoms with Gasteiger partial charge in [0.15, 0.2) is 0 Å². The number of oxazole rings is 1. The van der Waals surface area contributed by atoms with Crippen molar-refractivity contribution in [2.24, 2.45) is 0 Å². The molecule has 1 atom stereocenters. The van der Waals surface area contributed by atoms with Crippen LogP contribution in [0.5, 0.6) is 0 Å². The SMILES string of the molecule is Cc1nc(-c2ccccc2)oc1C(=O)NC(C)CC(=O)O. The number of carboxylic acids is 1. The highest BCUT2D eigenvalue weighted by Crippen LogP contribution is 2.21. The van der Waals surface area contributed by atoms with Gasteiger partial charge in [-0.3, -0.25) is 9.59 Å². The summed E-state index contributed by atoms with van der Waals surface area (Å²) in [5, 5.41) is 11.3. The molecule has 0 spiro atoms. The highest BCUT2D eigenvalue weighted by molar-refractivity contribution is 5.93. The van der Waals surface area contributed by atoms with E-state index in [2.05, 4.69) is 10.3 Å². The molecule has 21 heavy (non-hydrogen) atoms. The van der Waals surface area contributed by atoms with Crippen molar-refractivity contribution in [2.45, 2.75) is 26.3 Å². The van der Waals surface area contributed by atoms with Gasteiger partial charge in [-0.1, -0.05) is 18.2 Å². The molecule has 1 amide bonds. The summed E-state index contributed by atoms with van der Waals surface area (Å²) in [6, 6.07) is 8.76. The van der Waals surface area contributed by atoms with Crippen molar-refractivity contribution in [3.63, 3.8) is 0 Å². The fraction of sp³-hybridized carbons (Fsp3) is 0.267. The monoisotopic (exact) mass is 288 g/mol. The molecule has 1 heterocycles. The second-order valence-corrected chi connectivity index (χ2v) is 4.77. The minimum atomic E-state index is -0.970. The van der Waals surface area contributed by atoms with Crippen LogP contribution in [-0.2, 0) is 4.79 Å². The fourth-order valence-corrected chi connectivity index (χ4v) is 1.91. The van der Waals surface area contributed by atoms with Gasteiger partial charge < -0.3 is 14.8 Å². The number of carbonyl (C=O) groups excluding carboxylic acids is 1. The number of amides is 1. The van der Waals surface area contributed by atoms with E-state index in [4.69, 9.17) is 9.52 Å². The van der Waals surface area contributed by atoms with E-state index in [1.807, 2.05) is 30.3 Å². The summed E-state index contributed by atoms with van der Waals surface area (Å²) in [7, 11) is 0. The fourth-order valence-electron chi connectivity index (χ4n) is 1.91. The zero-order valence-electron chi connectivity index (χ0n) is 11.8. The molecule has 1 unspecified atom stereocenters. The lowest BCUT2D eigenvalue weighted by molar-refractivity contribution is -0.137. The first-order chi connectivity index (χ1) is 9.97. The molecule has 1 aromatic heterocycles. The van der Waals surface area contributed by atoms with Gasteiger partial charge in [-0.15, -0.1) is 0 Å². The lowest BCUT2D eigenvalue weighted by Crippen LogP contribution is -2.34. The van der Waals surface area contributed by atoms with Crippen LogP contribution in [0.2, 0.25) is 0 Å². The van der Waals surface area contributed by atoms with Crippen molar-refractivity contribution in [2.75, 3.05) is 0 Å². The molecule has 2 rings (SSSR count). The van der Waals surface area contributed by atoms with Crippen LogP contribution in [-0.4, -0.2) is 28.0 Å². The van der Waals surface area contributed by atoms with E-state index in [1.54, 1.807) is 13.8 Å². The van der Waals surface area contributed by atoms with E-state index < -0.39 is 17.9 Å². The molecular weight excluding hydrogens is 272 g/mol. The van der Waals surface area contributed by atoms with Crippen LogP contribution in [0.25, 0.3) is 11.5 Å². The Kier molecular flexibility index (Phi) is 4.37. The number of nitrogens with one attached hydrogen (secondary N) is 1. The predicted octanol–water partition coefficient (Wildman–Crippen LogP) is 2.24.